The predicted octanol–water partition coefficient (Wildman–Crippen LogP) is 1.11. The first kappa shape index (κ1) is 10.2. The molecule has 0 spiro atoms. The van der Waals surface area contributed by atoms with Crippen LogP contribution in [0.15, 0.2) is 24.5 Å². The summed E-state index contributed by atoms with van der Waals surface area (Å²) in [6.07, 6.45) is 3.59. The standard InChI is InChI=1S/C10H16N2O/c1-8(7-13)12-9(2)10-4-3-5-11-6-10/h3-6,8-9,12-13H,7H2,1-2H3/t8-,9?/m1/s1. The first-order valence-corrected chi connectivity index (χ1v) is 4.51. The molecule has 0 aliphatic heterocycles. The Balaban J connectivity index is 2.53. The molecule has 1 unspecified atom stereocenters. The molecule has 0 bridgehead atoms. The topological polar surface area (TPSA) is 45.1 Å². The van der Waals surface area contributed by atoms with Crippen LogP contribution >= 0.6 is 0 Å². The van der Waals surface area contributed by atoms with Gasteiger partial charge in [0.1, 0.15) is 0 Å². The number of aliphatic hydroxyl groups is 1. The zero-order chi connectivity index (χ0) is 9.68. The number of hydrogen-bond donors (Lipinski definition) is 2. The summed E-state index contributed by atoms with van der Waals surface area (Å²) in [6.45, 7) is 4.17. The molecule has 0 amide bonds. The van der Waals surface area contributed by atoms with E-state index in [1.165, 1.54) is 0 Å². The minimum atomic E-state index is 0.121. The molecule has 0 saturated heterocycles. The number of nitrogens with one attached hydrogen (secondary N) is 1. The Hall–Kier alpha value is -0.930. The first-order valence-electron chi connectivity index (χ1n) is 4.51. The van der Waals surface area contributed by atoms with E-state index in [0.29, 0.717) is 0 Å². The van der Waals surface area contributed by atoms with Crippen LogP contribution in [0.3, 0.4) is 0 Å². The molecule has 0 aromatic carbocycles. The Bertz CT molecular complexity index is 238. The van der Waals surface area contributed by atoms with Crippen molar-refractivity contribution in [3.63, 3.8) is 0 Å². The van der Waals surface area contributed by atoms with Crippen LogP contribution < -0.4 is 5.32 Å². The van der Waals surface area contributed by atoms with Gasteiger partial charge < -0.3 is 10.4 Å². The Labute approximate surface area is 78.8 Å². The van der Waals surface area contributed by atoms with Crippen molar-refractivity contribution in [2.75, 3.05) is 6.61 Å². The number of pyridine rings is 1. The van der Waals surface area contributed by atoms with Crippen LogP contribution in [-0.4, -0.2) is 22.7 Å². The summed E-state index contributed by atoms with van der Waals surface area (Å²) in [5.41, 5.74) is 1.14. The Morgan fingerprint density at radius 1 is 1.54 bits per heavy atom. The maximum absolute atomic E-state index is 8.85. The van der Waals surface area contributed by atoms with Gasteiger partial charge in [-0.05, 0) is 25.5 Å². The lowest BCUT2D eigenvalue weighted by Gasteiger charge is -2.17. The molecule has 72 valence electrons. The molecule has 3 nitrogen and oxygen atoms in total. The van der Waals surface area contributed by atoms with Gasteiger partial charge in [-0.3, -0.25) is 4.98 Å². The average Bonchev–Trinajstić information content (AvgIpc) is 2.19. The Kier molecular flexibility index (Phi) is 3.86. The zero-order valence-electron chi connectivity index (χ0n) is 8.07. The molecule has 0 aliphatic carbocycles. The Morgan fingerprint density at radius 2 is 2.31 bits per heavy atom. The van der Waals surface area contributed by atoms with Gasteiger partial charge in [0.2, 0.25) is 0 Å². The predicted molar refractivity (Wildman–Crippen MR) is 52.3 cm³/mol. The fourth-order valence-electron chi connectivity index (χ4n) is 1.21. The molecule has 13 heavy (non-hydrogen) atoms. The van der Waals surface area contributed by atoms with Crippen LogP contribution in [0.2, 0.25) is 0 Å². The number of aromatic nitrogens is 1. The molecule has 0 saturated carbocycles. The van der Waals surface area contributed by atoms with Crippen LogP contribution in [0.4, 0.5) is 0 Å². The maximum Gasteiger partial charge on any atom is 0.0582 e. The monoisotopic (exact) mass is 180 g/mol. The van der Waals surface area contributed by atoms with Crippen LogP contribution in [-0.2, 0) is 0 Å². The summed E-state index contributed by atoms with van der Waals surface area (Å²) in [5, 5.41) is 12.1. The number of rotatable bonds is 4. The van der Waals surface area contributed by atoms with E-state index in [1.54, 1.807) is 6.20 Å². The van der Waals surface area contributed by atoms with Gasteiger partial charge >= 0.3 is 0 Å². The van der Waals surface area contributed by atoms with E-state index >= 15 is 0 Å². The van der Waals surface area contributed by atoms with E-state index in [4.69, 9.17) is 5.11 Å². The van der Waals surface area contributed by atoms with Gasteiger partial charge in [-0.1, -0.05) is 6.07 Å². The highest BCUT2D eigenvalue weighted by Gasteiger charge is 2.07. The van der Waals surface area contributed by atoms with Crippen molar-refractivity contribution in [1.29, 1.82) is 0 Å². The van der Waals surface area contributed by atoms with Gasteiger partial charge in [-0.25, -0.2) is 0 Å². The van der Waals surface area contributed by atoms with Gasteiger partial charge in [0, 0.05) is 24.5 Å². The SMILES string of the molecule is CC(N[C@H](C)CO)c1cccnc1. The summed E-state index contributed by atoms with van der Waals surface area (Å²) in [5.74, 6) is 0. The maximum atomic E-state index is 8.85. The van der Waals surface area contributed by atoms with Crippen LogP contribution in [0, 0.1) is 0 Å². The highest BCUT2D eigenvalue weighted by Crippen LogP contribution is 2.10. The molecule has 2 N–H and O–H groups in total. The fourth-order valence-corrected chi connectivity index (χ4v) is 1.21. The molecule has 2 atom stereocenters. The summed E-state index contributed by atoms with van der Waals surface area (Å²) in [6, 6.07) is 4.29. The van der Waals surface area contributed by atoms with Gasteiger partial charge in [-0.2, -0.15) is 0 Å². The lowest BCUT2D eigenvalue weighted by Crippen LogP contribution is -2.31. The molecule has 1 aromatic heterocycles. The molecule has 0 aliphatic rings. The summed E-state index contributed by atoms with van der Waals surface area (Å²) >= 11 is 0. The molecule has 3 heteroatoms. The third-order valence-corrected chi connectivity index (χ3v) is 1.99. The molecule has 1 heterocycles. The van der Waals surface area contributed by atoms with Crippen LogP contribution in [0.5, 0.6) is 0 Å². The Morgan fingerprint density at radius 3 is 2.85 bits per heavy atom. The largest absolute Gasteiger partial charge is 0.395 e. The minimum absolute atomic E-state index is 0.121. The quantitative estimate of drug-likeness (QED) is 0.729. The number of hydrogen-bond acceptors (Lipinski definition) is 3. The molecule has 0 fully saturated rings. The van der Waals surface area contributed by atoms with E-state index in [1.807, 2.05) is 25.3 Å². The molecule has 0 radical (unpaired) electrons. The molecular formula is C10H16N2O. The number of aliphatic hydroxyl groups excluding tert-OH is 1. The minimum Gasteiger partial charge on any atom is -0.395 e. The van der Waals surface area contributed by atoms with E-state index in [0.717, 1.165) is 5.56 Å². The van der Waals surface area contributed by atoms with Crippen LogP contribution in [0.1, 0.15) is 25.5 Å². The van der Waals surface area contributed by atoms with Gasteiger partial charge in [0.25, 0.3) is 0 Å². The van der Waals surface area contributed by atoms with Crippen LogP contribution in [0.25, 0.3) is 0 Å². The summed E-state index contributed by atoms with van der Waals surface area (Å²) in [4.78, 5) is 4.04. The van der Waals surface area contributed by atoms with Crippen molar-refractivity contribution in [2.45, 2.75) is 25.9 Å². The van der Waals surface area contributed by atoms with E-state index in [-0.39, 0.29) is 18.7 Å². The van der Waals surface area contributed by atoms with Crippen molar-refractivity contribution in [2.24, 2.45) is 0 Å². The third-order valence-electron chi connectivity index (χ3n) is 1.99. The highest BCUT2D eigenvalue weighted by atomic mass is 16.3. The summed E-state index contributed by atoms with van der Waals surface area (Å²) in [7, 11) is 0. The third kappa shape index (κ3) is 3.13. The molecular weight excluding hydrogens is 164 g/mol. The van der Waals surface area contributed by atoms with Crippen molar-refractivity contribution in [3.05, 3.63) is 30.1 Å². The van der Waals surface area contributed by atoms with Crippen molar-refractivity contribution < 1.29 is 5.11 Å². The fraction of sp³-hybridized carbons (Fsp3) is 0.500. The molecule has 1 rings (SSSR count). The summed E-state index contributed by atoms with van der Waals surface area (Å²) < 4.78 is 0. The van der Waals surface area contributed by atoms with Gasteiger partial charge in [-0.15, -0.1) is 0 Å². The second-order valence-corrected chi connectivity index (χ2v) is 3.26. The van der Waals surface area contributed by atoms with E-state index < -0.39 is 0 Å². The average molecular weight is 180 g/mol. The second-order valence-electron chi connectivity index (χ2n) is 3.26. The number of nitrogens with zero attached hydrogens (tertiary/aromatic N) is 1. The second kappa shape index (κ2) is 4.94. The van der Waals surface area contributed by atoms with E-state index in [9.17, 15) is 0 Å². The smallest absolute Gasteiger partial charge is 0.0582 e. The lowest BCUT2D eigenvalue weighted by molar-refractivity contribution is 0.243. The van der Waals surface area contributed by atoms with Crippen molar-refractivity contribution >= 4 is 0 Å². The lowest BCUT2D eigenvalue weighted by atomic mass is 10.1. The highest BCUT2D eigenvalue weighted by molar-refractivity contribution is 5.12. The van der Waals surface area contributed by atoms with Crippen molar-refractivity contribution in [1.82, 2.24) is 10.3 Å². The van der Waals surface area contributed by atoms with Gasteiger partial charge in [0.15, 0.2) is 0 Å². The van der Waals surface area contributed by atoms with Crippen molar-refractivity contribution in [3.8, 4) is 0 Å². The molecule has 1 aromatic rings. The van der Waals surface area contributed by atoms with E-state index in [2.05, 4.69) is 17.2 Å². The zero-order valence-corrected chi connectivity index (χ0v) is 8.07. The van der Waals surface area contributed by atoms with Gasteiger partial charge in [0.05, 0.1) is 6.61 Å². The normalized spacial score (nSPS) is 15.3. The first-order chi connectivity index (χ1) is 6.24.